The van der Waals surface area contributed by atoms with E-state index in [2.05, 4.69) is 42.6 Å². The molecule has 0 atom stereocenters. The maximum absolute atomic E-state index is 2.81. The lowest BCUT2D eigenvalue weighted by molar-refractivity contribution is 0.954. The average molecular weight is 284 g/mol. The van der Waals surface area contributed by atoms with E-state index in [0.717, 1.165) is 0 Å². The topological polar surface area (TPSA) is 0 Å². The lowest BCUT2D eigenvalue weighted by Crippen LogP contribution is -2.24. The van der Waals surface area contributed by atoms with Crippen LogP contribution >= 0.6 is 21.8 Å². The fourth-order valence-corrected chi connectivity index (χ4v) is 10.0. The molecule has 0 spiro atoms. The molecule has 0 aromatic rings. The third-order valence-corrected chi connectivity index (χ3v) is 11.1. The molecule has 0 N–H and O–H groups in total. The van der Waals surface area contributed by atoms with Gasteiger partial charge in [-0.15, -0.1) is 21.8 Å². The van der Waals surface area contributed by atoms with Gasteiger partial charge in [-0.2, -0.15) is 0 Å². The van der Waals surface area contributed by atoms with Gasteiger partial charge < -0.3 is 0 Å². The van der Waals surface area contributed by atoms with Crippen molar-refractivity contribution in [2.45, 2.75) is 58.2 Å². The SMILES string of the molecule is CCC[Si](I)(CCC)CCC. The van der Waals surface area contributed by atoms with Crippen LogP contribution in [0.5, 0.6) is 0 Å². The van der Waals surface area contributed by atoms with E-state index in [1.807, 2.05) is 0 Å². The standard InChI is InChI=1S/C9H21ISi/c1-4-7-11(10,8-5-2)9-6-3/h4-9H2,1-3H3. The fraction of sp³-hybridized carbons (Fsp3) is 1.00. The summed E-state index contributed by atoms with van der Waals surface area (Å²) in [7, 11) is 0. The molecule has 0 rings (SSSR count). The number of halogens is 1. The monoisotopic (exact) mass is 284 g/mol. The highest BCUT2D eigenvalue weighted by molar-refractivity contribution is 14.1. The Morgan fingerprint density at radius 3 is 1.27 bits per heavy atom. The normalized spacial score (nSPS) is 12.0. The second kappa shape index (κ2) is 6.46. The van der Waals surface area contributed by atoms with Gasteiger partial charge in [-0.3, -0.25) is 0 Å². The average Bonchev–Trinajstić information content (AvgIpc) is 1.88. The molecule has 0 saturated carbocycles. The molecule has 0 aliphatic carbocycles. The van der Waals surface area contributed by atoms with E-state index in [1.54, 1.807) is 0 Å². The number of rotatable bonds is 6. The van der Waals surface area contributed by atoms with Gasteiger partial charge in [0.25, 0.3) is 0 Å². The fourth-order valence-electron chi connectivity index (χ4n) is 1.72. The lowest BCUT2D eigenvalue weighted by Gasteiger charge is -2.23. The Hall–Kier alpha value is 0.947. The van der Waals surface area contributed by atoms with Crippen molar-refractivity contribution < 1.29 is 0 Å². The minimum Gasteiger partial charge on any atom is -0.119 e. The Balaban J connectivity index is 3.79. The van der Waals surface area contributed by atoms with Crippen molar-refractivity contribution >= 4 is 27.4 Å². The first-order chi connectivity index (χ1) is 5.18. The van der Waals surface area contributed by atoms with E-state index in [4.69, 9.17) is 0 Å². The molecule has 0 bridgehead atoms. The van der Waals surface area contributed by atoms with Crippen LogP contribution in [0, 0.1) is 0 Å². The van der Waals surface area contributed by atoms with Gasteiger partial charge in [0, 0.05) is 0 Å². The molecular formula is C9H21ISi. The van der Waals surface area contributed by atoms with Gasteiger partial charge >= 0.3 is 0 Å². The first kappa shape index (κ1) is 11.9. The van der Waals surface area contributed by atoms with Gasteiger partial charge in [0.1, 0.15) is 5.57 Å². The van der Waals surface area contributed by atoms with E-state index in [9.17, 15) is 0 Å². The molecule has 0 amide bonds. The van der Waals surface area contributed by atoms with Crippen LogP contribution in [0.4, 0.5) is 0 Å². The molecule has 0 saturated heterocycles. The van der Waals surface area contributed by atoms with Gasteiger partial charge in [-0.1, -0.05) is 40.0 Å². The van der Waals surface area contributed by atoms with Crippen molar-refractivity contribution in [3.63, 3.8) is 0 Å². The predicted octanol–water partition coefficient (Wildman–Crippen LogP) is 4.60. The largest absolute Gasteiger partial charge is 0.125 e. The molecule has 11 heavy (non-hydrogen) atoms. The maximum atomic E-state index is 2.81. The van der Waals surface area contributed by atoms with Gasteiger partial charge in [-0.05, 0) is 18.1 Å². The summed E-state index contributed by atoms with van der Waals surface area (Å²) in [5.74, 6) is 0. The summed E-state index contributed by atoms with van der Waals surface area (Å²) >= 11 is 2.81. The lowest BCUT2D eigenvalue weighted by atomic mass is 10.6. The molecule has 0 aromatic carbocycles. The van der Waals surface area contributed by atoms with E-state index >= 15 is 0 Å². The van der Waals surface area contributed by atoms with Crippen molar-refractivity contribution in [1.29, 1.82) is 0 Å². The summed E-state index contributed by atoms with van der Waals surface area (Å²) < 4.78 is 0. The number of hydrogen-bond donors (Lipinski definition) is 0. The highest BCUT2D eigenvalue weighted by Crippen LogP contribution is 2.32. The van der Waals surface area contributed by atoms with Gasteiger partial charge in [0.2, 0.25) is 0 Å². The van der Waals surface area contributed by atoms with Crippen molar-refractivity contribution in [3.8, 4) is 0 Å². The van der Waals surface area contributed by atoms with E-state index in [0.29, 0.717) is 0 Å². The molecule has 0 aliphatic rings. The van der Waals surface area contributed by atoms with Gasteiger partial charge in [0.05, 0.1) is 0 Å². The second-order valence-corrected chi connectivity index (χ2v) is 14.1. The first-order valence-electron chi connectivity index (χ1n) is 4.87. The molecular weight excluding hydrogens is 263 g/mol. The predicted molar refractivity (Wildman–Crippen MR) is 65.1 cm³/mol. The third-order valence-electron chi connectivity index (χ3n) is 2.09. The van der Waals surface area contributed by atoms with Crippen LogP contribution in [0.25, 0.3) is 0 Å². The molecule has 0 heterocycles. The summed E-state index contributed by atoms with van der Waals surface area (Å²) in [5.41, 5.74) is -0.779. The highest BCUT2D eigenvalue weighted by Gasteiger charge is 2.25. The quantitative estimate of drug-likeness (QED) is 0.380. The van der Waals surface area contributed by atoms with Crippen molar-refractivity contribution in [2.75, 3.05) is 0 Å². The molecule has 0 fully saturated rings. The molecule has 0 nitrogen and oxygen atoms in total. The summed E-state index contributed by atoms with van der Waals surface area (Å²) in [6.07, 6.45) is 4.19. The molecule has 0 aliphatic heterocycles. The zero-order valence-electron chi connectivity index (χ0n) is 8.12. The minimum absolute atomic E-state index is 0.779. The van der Waals surface area contributed by atoms with Crippen molar-refractivity contribution in [1.82, 2.24) is 0 Å². The molecule has 68 valence electrons. The molecule has 0 aromatic heterocycles. The second-order valence-electron chi connectivity index (χ2n) is 3.40. The zero-order valence-corrected chi connectivity index (χ0v) is 11.3. The van der Waals surface area contributed by atoms with Gasteiger partial charge in [0.15, 0.2) is 0 Å². The van der Waals surface area contributed by atoms with Crippen LogP contribution in [0.1, 0.15) is 40.0 Å². The summed E-state index contributed by atoms with van der Waals surface area (Å²) in [4.78, 5) is 0. The summed E-state index contributed by atoms with van der Waals surface area (Å²) in [6.45, 7) is 6.98. The molecule has 0 unspecified atom stereocenters. The maximum Gasteiger partial charge on any atom is 0.125 e. The van der Waals surface area contributed by atoms with E-state index in [-0.39, 0.29) is 0 Å². The highest BCUT2D eigenvalue weighted by atomic mass is 127. The molecule has 2 heteroatoms. The third kappa shape index (κ3) is 5.23. The minimum atomic E-state index is -0.779. The number of hydrogen-bond acceptors (Lipinski definition) is 0. The Morgan fingerprint density at radius 1 is 0.818 bits per heavy atom. The Morgan fingerprint density at radius 2 is 1.09 bits per heavy atom. The smallest absolute Gasteiger partial charge is 0.119 e. The van der Waals surface area contributed by atoms with Crippen LogP contribution in [0.3, 0.4) is 0 Å². The van der Waals surface area contributed by atoms with Gasteiger partial charge in [-0.25, -0.2) is 0 Å². The summed E-state index contributed by atoms with van der Waals surface area (Å²) in [6, 6.07) is 4.61. The Kier molecular flexibility index (Phi) is 7.02. The zero-order chi connectivity index (χ0) is 8.74. The molecule has 0 radical (unpaired) electrons. The van der Waals surface area contributed by atoms with Crippen LogP contribution in [0.2, 0.25) is 18.1 Å². The van der Waals surface area contributed by atoms with Crippen molar-refractivity contribution in [3.05, 3.63) is 0 Å². The first-order valence-corrected chi connectivity index (χ1v) is 10.6. The van der Waals surface area contributed by atoms with Crippen LogP contribution in [0.15, 0.2) is 0 Å². The van der Waals surface area contributed by atoms with Crippen LogP contribution in [-0.4, -0.2) is 5.57 Å². The Labute approximate surface area is 85.4 Å². The summed E-state index contributed by atoms with van der Waals surface area (Å²) in [5, 5.41) is 0. The van der Waals surface area contributed by atoms with E-state index < -0.39 is 5.57 Å². The van der Waals surface area contributed by atoms with Crippen molar-refractivity contribution in [2.24, 2.45) is 0 Å². The van der Waals surface area contributed by atoms with Crippen LogP contribution in [-0.2, 0) is 0 Å². The van der Waals surface area contributed by atoms with E-state index in [1.165, 1.54) is 37.4 Å². The Bertz CT molecular complexity index is 76.5. The van der Waals surface area contributed by atoms with Crippen LogP contribution < -0.4 is 0 Å².